The second kappa shape index (κ2) is 5.22. The molecule has 0 aromatic heterocycles. The van der Waals surface area contributed by atoms with Crippen LogP contribution in [0.4, 0.5) is 8.78 Å². The van der Waals surface area contributed by atoms with E-state index in [0.717, 1.165) is 13.2 Å². The van der Waals surface area contributed by atoms with Gasteiger partial charge in [-0.25, -0.2) is 13.6 Å². The first-order chi connectivity index (χ1) is 9.06. The first-order valence-corrected chi connectivity index (χ1v) is 5.70. The molecule has 2 aromatic rings. The molecule has 2 aromatic carbocycles. The Balaban J connectivity index is 2.61. The van der Waals surface area contributed by atoms with Crippen molar-refractivity contribution in [3.05, 3.63) is 41.5 Å². The van der Waals surface area contributed by atoms with Crippen LogP contribution in [0.25, 0.3) is 10.8 Å². The minimum atomic E-state index is -0.798. The van der Waals surface area contributed by atoms with Gasteiger partial charge in [0, 0.05) is 0 Å². The van der Waals surface area contributed by atoms with E-state index in [2.05, 4.69) is 4.74 Å². The predicted molar refractivity (Wildman–Crippen MR) is 66.4 cm³/mol. The Bertz CT molecular complexity index is 638. The smallest absolute Gasteiger partial charge is 0.340 e. The number of halogens is 2. The van der Waals surface area contributed by atoms with Crippen LogP contribution in [0.1, 0.15) is 17.3 Å². The van der Waals surface area contributed by atoms with Crippen molar-refractivity contribution < 1.29 is 23.0 Å². The zero-order chi connectivity index (χ0) is 14.0. The molecule has 0 atom stereocenters. The minimum Gasteiger partial charge on any atom is -0.491 e. The second-order valence-electron chi connectivity index (χ2n) is 3.89. The normalized spacial score (nSPS) is 10.5. The lowest BCUT2D eigenvalue weighted by Crippen LogP contribution is -2.04. The highest BCUT2D eigenvalue weighted by Gasteiger charge is 2.15. The topological polar surface area (TPSA) is 35.5 Å². The molecule has 0 bridgehead atoms. The van der Waals surface area contributed by atoms with E-state index in [-0.39, 0.29) is 11.3 Å². The van der Waals surface area contributed by atoms with Crippen molar-refractivity contribution >= 4 is 16.7 Å². The number of hydrogen-bond acceptors (Lipinski definition) is 3. The zero-order valence-corrected chi connectivity index (χ0v) is 10.5. The van der Waals surface area contributed by atoms with Gasteiger partial charge in [0.15, 0.2) is 11.6 Å². The molecule has 0 fully saturated rings. The maximum atomic E-state index is 13.7. The Kier molecular flexibility index (Phi) is 3.64. The maximum Gasteiger partial charge on any atom is 0.340 e. The highest BCUT2D eigenvalue weighted by atomic mass is 19.1. The number of benzene rings is 2. The van der Waals surface area contributed by atoms with E-state index in [1.54, 1.807) is 6.92 Å². The molecule has 3 nitrogen and oxygen atoms in total. The fourth-order valence-electron chi connectivity index (χ4n) is 1.81. The van der Waals surface area contributed by atoms with Gasteiger partial charge in [0.25, 0.3) is 0 Å². The first kappa shape index (κ1) is 13.3. The molecule has 2 rings (SSSR count). The van der Waals surface area contributed by atoms with Crippen LogP contribution in [0.5, 0.6) is 5.75 Å². The van der Waals surface area contributed by atoms with Crippen molar-refractivity contribution in [1.82, 2.24) is 0 Å². The molecule has 0 unspecified atom stereocenters. The highest BCUT2D eigenvalue weighted by molar-refractivity contribution is 5.96. The molecule has 0 aliphatic rings. The third-order valence-electron chi connectivity index (χ3n) is 2.68. The summed E-state index contributed by atoms with van der Waals surface area (Å²) >= 11 is 0. The van der Waals surface area contributed by atoms with Crippen LogP contribution >= 0.6 is 0 Å². The van der Waals surface area contributed by atoms with Crippen LogP contribution in [0.3, 0.4) is 0 Å². The molecule has 0 radical (unpaired) electrons. The van der Waals surface area contributed by atoms with Gasteiger partial charge < -0.3 is 9.47 Å². The summed E-state index contributed by atoms with van der Waals surface area (Å²) in [5.41, 5.74) is -0.224. The lowest BCUT2D eigenvalue weighted by Gasteiger charge is -2.08. The number of hydrogen-bond donors (Lipinski definition) is 0. The van der Waals surface area contributed by atoms with Crippen molar-refractivity contribution in [3.8, 4) is 5.75 Å². The van der Waals surface area contributed by atoms with Gasteiger partial charge in [-0.05, 0) is 42.0 Å². The van der Waals surface area contributed by atoms with Crippen molar-refractivity contribution in [2.45, 2.75) is 6.92 Å². The molecule has 0 N–H and O–H groups in total. The molecule has 0 aliphatic carbocycles. The van der Waals surface area contributed by atoms with Crippen LogP contribution in [-0.2, 0) is 4.74 Å². The monoisotopic (exact) mass is 266 g/mol. The van der Waals surface area contributed by atoms with Gasteiger partial charge in [-0.15, -0.1) is 0 Å². The first-order valence-electron chi connectivity index (χ1n) is 5.70. The van der Waals surface area contributed by atoms with Crippen molar-refractivity contribution in [2.24, 2.45) is 0 Å². The second-order valence-corrected chi connectivity index (χ2v) is 3.89. The van der Waals surface area contributed by atoms with Gasteiger partial charge in [0.2, 0.25) is 0 Å². The molecule has 100 valence electrons. The molecule has 0 spiro atoms. The van der Waals surface area contributed by atoms with Gasteiger partial charge in [-0.1, -0.05) is 0 Å². The Morgan fingerprint density at radius 3 is 2.37 bits per heavy atom. The van der Waals surface area contributed by atoms with E-state index in [0.29, 0.717) is 17.4 Å². The van der Waals surface area contributed by atoms with Crippen molar-refractivity contribution in [2.75, 3.05) is 13.7 Å². The third kappa shape index (κ3) is 2.50. The number of esters is 1. The lowest BCUT2D eigenvalue weighted by atomic mass is 10.1. The molecule has 0 amide bonds. The van der Waals surface area contributed by atoms with Gasteiger partial charge in [0.05, 0.1) is 19.3 Å². The highest BCUT2D eigenvalue weighted by Crippen LogP contribution is 2.27. The average Bonchev–Trinajstić information content (AvgIpc) is 2.39. The van der Waals surface area contributed by atoms with Crippen molar-refractivity contribution in [3.63, 3.8) is 0 Å². The largest absolute Gasteiger partial charge is 0.491 e. The predicted octanol–water partition coefficient (Wildman–Crippen LogP) is 3.30. The average molecular weight is 266 g/mol. The molecule has 19 heavy (non-hydrogen) atoms. The minimum absolute atomic E-state index is 0.0558. The SMILES string of the molecule is CCOc1cc2cc(F)c(C(=O)OC)cc2cc1F. The Morgan fingerprint density at radius 2 is 1.74 bits per heavy atom. The Morgan fingerprint density at radius 1 is 1.11 bits per heavy atom. The third-order valence-corrected chi connectivity index (χ3v) is 2.68. The number of fused-ring (bicyclic) bond motifs is 1. The number of rotatable bonds is 3. The van der Waals surface area contributed by atoms with Crippen LogP contribution in [0.15, 0.2) is 24.3 Å². The summed E-state index contributed by atoms with van der Waals surface area (Å²) in [6, 6.07) is 5.02. The number of methoxy groups -OCH3 is 1. The fourth-order valence-corrected chi connectivity index (χ4v) is 1.81. The van der Waals surface area contributed by atoms with Crippen LogP contribution in [0, 0.1) is 11.6 Å². The summed E-state index contributed by atoms with van der Waals surface area (Å²) in [6.45, 7) is 2.04. The van der Waals surface area contributed by atoms with Gasteiger partial charge in [0.1, 0.15) is 5.82 Å². The molecule has 0 saturated heterocycles. The molecule has 5 heteroatoms. The number of carbonyl (C=O) groups is 1. The Hall–Kier alpha value is -2.17. The Labute approximate surface area is 108 Å². The summed E-state index contributed by atoms with van der Waals surface area (Å²) in [5.74, 6) is -2.01. The quantitative estimate of drug-likeness (QED) is 0.799. The van der Waals surface area contributed by atoms with E-state index in [1.807, 2.05) is 0 Å². The van der Waals surface area contributed by atoms with Gasteiger partial charge in [-0.3, -0.25) is 0 Å². The van der Waals surface area contributed by atoms with Crippen LogP contribution in [0.2, 0.25) is 0 Å². The molecule has 0 aliphatic heterocycles. The standard InChI is InChI=1S/C14H12F2O3/c1-3-19-13-7-9-5-11(15)10(14(17)18-2)4-8(9)6-12(13)16/h4-7H,3H2,1-2H3. The van der Waals surface area contributed by atoms with E-state index in [4.69, 9.17) is 4.74 Å². The molecular formula is C14H12F2O3. The van der Waals surface area contributed by atoms with Crippen LogP contribution in [-0.4, -0.2) is 19.7 Å². The van der Waals surface area contributed by atoms with E-state index in [9.17, 15) is 13.6 Å². The summed E-state index contributed by atoms with van der Waals surface area (Å²) in [4.78, 5) is 11.4. The maximum absolute atomic E-state index is 13.7. The lowest BCUT2D eigenvalue weighted by molar-refractivity contribution is 0.0595. The summed E-state index contributed by atoms with van der Waals surface area (Å²) < 4.78 is 37.0. The summed E-state index contributed by atoms with van der Waals surface area (Å²) in [7, 11) is 1.16. The van der Waals surface area contributed by atoms with Gasteiger partial charge >= 0.3 is 5.97 Å². The summed E-state index contributed by atoms with van der Waals surface area (Å²) in [5, 5.41) is 0.859. The van der Waals surface area contributed by atoms with Gasteiger partial charge in [-0.2, -0.15) is 0 Å². The van der Waals surface area contributed by atoms with E-state index >= 15 is 0 Å². The fraction of sp³-hybridized carbons (Fsp3) is 0.214. The van der Waals surface area contributed by atoms with E-state index in [1.165, 1.54) is 18.2 Å². The number of ether oxygens (including phenoxy) is 2. The zero-order valence-electron chi connectivity index (χ0n) is 10.5. The summed E-state index contributed by atoms with van der Waals surface area (Å²) in [6.07, 6.45) is 0. The molecular weight excluding hydrogens is 254 g/mol. The molecule has 0 saturated carbocycles. The van der Waals surface area contributed by atoms with Crippen LogP contribution < -0.4 is 4.74 Å². The molecule has 0 heterocycles. The number of carbonyl (C=O) groups excluding carboxylic acids is 1. The van der Waals surface area contributed by atoms with E-state index < -0.39 is 17.6 Å². The van der Waals surface area contributed by atoms with Crippen molar-refractivity contribution in [1.29, 1.82) is 0 Å².